The lowest BCUT2D eigenvalue weighted by molar-refractivity contribution is 0.0680. The van der Waals surface area contributed by atoms with Gasteiger partial charge in [-0.15, -0.1) is 0 Å². The number of nitrogens with one attached hydrogen (secondary N) is 1. The summed E-state index contributed by atoms with van der Waals surface area (Å²) in [5.41, 5.74) is 2.27. The molecule has 2 aromatic carbocycles. The Labute approximate surface area is 156 Å². The maximum Gasteiger partial charge on any atom is 0.121 e. The molecule has 4 nitrogen and oxygen atoms in total. The van der Waals surface area contributed by atoms with Crippen LogP contribution in [0.2, 0.25) is 0 Å². The first-order chi connectivity index (χ1) is 12.7. The van der Waals surface area contributed by atoms with E-state index in [-0.39, 0.29) is 12.2 Å². The standard InChI is InChI=1S/C22H29NO3/c1-3-17(2)26-20-11-9-18(10-12-20)15-23-19-6-4-7-21(14-19)25-16-22-8-5-13-24-22/h4,6-7,9-12,14,17,22-23H,3,5,8,13,15-16H2,1-2H3/t17-,22-/m0/s1. The molecule has 4 heteroatoms. The van der Waals surface area contributed by atoms with Gasteiger partial charge < -0.3 is 19.5 Å². The van der Waals surface area contributed by atoms with Crippen LogP contribution in [-0.4, -0.2) is 25.4 Å². The Morgan fingerprint density at radius 2 is 2.00 bits per heavy atom. The van der Waals surface area contributed by atoms with E-state index in [1.165, 1.54) is 5.56 Å². The van der Waals surface area contributed by atoms with Crippen molar-refractivity contribution in [1.82, 2.24) is 0 Å². The molecule has 0 amide bonds. The average Bonchev–Trinajstić information content (AvgIpc) is 3.20. The van der Waals surface area contributed by atoms with Gasteiger partial charge in [0.1, 0.15) is 18.1 Å². The number of hydrogen-bond donors (Lipinski definition) is 1. The van der Waals surface area contributed by atoms with Crippen molar-refractivity contribution in [2.45, 2.75) is 51.9 Å². The summed E-state index contributed by atoms with van der Waals surface area (Å²) in [7, 11) is 0. The Kier molecular flexibility index (Phi) is 6.78. The molecule has 1 fully saturated rings. The zero-order chi connectivity index (χ0) is 18.2. The van der Waals surface area contributed by atoms with Gasteiger partial charge in [0, 0.05) is 24.9 Å². The van der Waals surface area contributed by atoms with Crippen LogP contribution in [0.1, 0.15) is 38.7 Å². The molecule has 0 aliphatic carbocycles. The van der Waals surface area contributed by atoms with E-state index < -0.39 is 0 Å². The number of benzene rings is 2. The minimum atomic E-state index is 0.239. The van der Waals surface area contributed by atoms with Crippen molar-refractivity contribution in [1.29, 1.82) is 0 Å². The minimum Gasteiger partial charge on any atom is -0.491 e. The van der Waals surface area contributed by atoms with Crippen molar-refractivity contribution >= 4 is 5.69 Å². The molecular weight excluding hydrogens is 326 g/mol. The molecule has 1 saturated heterocycles. The third-order valence-electron chi connectivity index (χ3n) is 4.63. The number of anilines is 1. The molecule has 0 bridgehead atoms. The van der Waals surface area contributed by atoms with Crippen molar-refractivity contribution in [3.8, 4) is 11.5 Å². The monoisotopic (exact) mass is 355 g/mol. The largest absolute Gasteiger partial charge is 0.491 e. The van der Waals surface area contributed by atoms with Crippen molar-refractivity contribution in [2.75, 3.05) is 18.5 Å². The van der Waals surface area contributed by atoms with E-state index in [1.807, 2.05) is 30.3 Å². The SMILES string of the molecule is CC[C@H](C)Oc1ccc(CNc2cccc(OC[C@@H]3CCCO3)c2)cc1. The second kappa shape index (κ2) is 9.48. The lowest BCUT2D eigenvalue weighted by Gasteiger charge is -2.14. The maximum atomic E-state index is 5.86. The molecule has 140 valence electrons. The normalized spacial score (nSPS) is 17.7. The molecule has 3 rings (SSSR count). The summed E-state index contributed by atoms with van der Waals surface area (Å²) in [5, 5.41) is 3.45. The highest BCUT2D eigenvalue weighted by atomic mass is 16.5. The van der Waals surface area contributed by atoms with Crippen molar-refractivity contribution in [3.05, 3.63) is 54.1 Å². The summed E-state index contributed by atoms with van der Waals surface area (Å²) in [6.45, 7) is 6.46. The smallest absolute Gasteiger partial charge is 0.121 e. The summed E-state index contributed by atoms with van der Waals surface area (Å²) < 4.78 is 17.3. The molecule has 0 radical (unpaired) electrons. The molecule has 0 saturated carbocycles. The fourth-order valence-corrected chi connectivity index (χ4v) is 2.87. The predicted molar refractivity (Wildman–Crippen MR) is 105 cm³/mol. The van der Waals surface area contributed by atoms with Crippen LogP contribution in [0.4, 0.5) is 5.69 Å². The summed E-state index contributed by atoms with van der Waals surface area (Å²) in [5.74, 6) is 1.80. The van der Waals surface area contributed by atoms with E-state index in [0.717, 1.165) is 49.6 Å². The minimum absolute atomic E-state index is 0.239. The summed E-state index contributed by atoms with van der Waals surface area (Å²) in [6, 6.07) is 16.4. The topological polar surface area (TPSA) is 39.7 Å². The highest BCUT2D eigenvalue weighted by Gasteiger charge is 2.15. The lowest BCUT2D eigenvalue weighted by Crippen LogP contribution is -2.16. The average molecular weight is 355 g/mol. The van der Waals surface area contributed by atoms with Gasteiger partial charge in [-0.2, -0.15) is 0 Å². The second-order valence-corrected chi connectivity index (χ2v) is 6.81. The number of ether oxygens (including phenoxy) is 3. The van der Waals surface area contributed by atoms with Crippen LogP contribution < -0.4 is 14.8 Å². The van der Waals surface area contributed by atoms with Crippen LogP contribution in [0.25, 0.3) is 0 Å². The van der Waals surface area contributed by atoms with Gasteiger partial charge in [-0.25, -0.2) is 0 Å². The Morgan fingerprint density at radius 3 is 2.73 bits per heavy atom. The van der Waals surface area contributed by atoms with Crippen LogP contribution in [-0.2, 0) is 11.3 Å². The summed E-state index contributed by atoms with van der Waals surface area (Å²) >= 11 is 0. The van der Waals surface area contributed by atoms with Crippen molar-refractivity contribution < 1.29 is 14.2 Å². The lowest BCUT2D eigenvalue weighted by atomic mass is 10.2. The van der Waals surface area contributed by atoms with Gasteiger partial charge in [0.2, 0.25) is 0 Å². The maximum absolute atomic E-state index is 5.86. The van der Waals surface area contributed by atoms with Gasteiger partial charge in [0.25, 0.3) is 0 Å². The molecule has 26 heavy (non-hydrogen) atoms. The molecule has 1 N–H and O–H groups in total. The molecular formula is C22H29NO3. The van der Waals surface area contributed by atoms with Crippen LogP contribution in [0.3, 0.4) is 0 Å². The third-order valence-corrected chi connectivity index (χ3v) is 4.63. The van der Waals surface area contributed by atoms with Gasteiger partial charge in [-0.1, -0.05) is 25.1 Å². The first kappa shape index (κ1) is 18.6. The zero-order valence-corrected chi connectivity index (χ0v) is 15.7. The van der Waals surface area contributed by atoms with E-state index in [4.69, 9.17) is 14.2 Å². The van der Waals surface area contributed by atoms with Gasteiger partial charge in [-0.05, 0) is 56.0 Å². The molecule has 1 aliphatic rings. The quantitative estimate of drug-likeness (QED) is 0.684. The second-order valence-electron chi connectivity index (χ2n) is 6.81. The van der Waals surface area contributed by atoms with Crippen LogP contribution >= 0.6 is 0 Å². The highest BCUT2D eigenvalue weighted by molar-refractivity contribution is 5.48. The number of rotatable bonds is 9. The van der Waals surface area contributed by atoms with Gasteiger partial charge >= 0.3 is 0 Å². The summed E-state index contributed by atoms with van der Waals surface area (Å²) in [4.78, 5) is 0. The van der Waals surface area contributed by atoms with Crippen molar-refractivity contribution in [2.24, 2.45) is 0 Å². The fraction of sp³-hybridized carbons (Fsp3) is 0.455. The van der Waals surface area contributed by atoms with Crippen molar-refractivity contribution in [3.63, 3.8) is 0 Å². The molecule has 0 spiro atoms. The third kappa shape index (κ3) is 5.67. The highest BCUT2D eigenvalue weighted by Crippen LogP contribution is 2.21. The Bertz CT molecular complexity index is 665. The van der Waals surface area contributed by atoms with E-state index in [0.29, 0.717) is 6.61 Å². The predicted octanol–water partition coefficient (Wildman–Crippen LogP) is 5.03. The molecule has 0 unspecified atom stereocenters. The zero-order valence-electron chi connectivity index (χ0n) is 15.7. The van der Waals surface area contributed by atoms with E-state index >= 15 is 0 Å². The van der Waals surface area contributed by atoms with Crippen LogP contribution in [0, 0.1) is 0 Å². The van der Waals surface area contributed by atoms with E-state index in [1.54, 1.807) is 0 Å². The molecule has 0 aromatic heterocycles. The molecule has 2 aromatic rings. The Hall–Kier alpha value is -2.20. The molecule has 2 atom stereocenters. The summed E-state index contributed by atoms with van der Waals surface area (Å²) in [6.07, 6.45) is 3.72. The Morgan fingerprint density at radius 1 is 1.15 bits per heavy atom. The van der Waals surface area contributed by atoms with Crippen LogP contribution in [0.15, 0.2) is 48.5 Å². The number of hydrogen-bond acceptors (Lipinski definition) is 4. The first-order valence-electron chi connectivity index (χ1n) is 9.57. The molecule has 1 heterocycles. The van der Waals surface area contributed by atoms with E-state index in [9.17, 15) is 0 Å². The van der Waals surface area contributed by atoms with E-state index in [2.05, 4.69) is 37.4 Å². The fourth-order valence-electron chi connectivity index (χ4n) is 2.87. The first-order valence-corrected chi connectivity index (χ1v) is 9.57. The van der Waals surface area contributed by atoms with Gasteiger partial charge in [0.05, 0.1) is 12.2 Å². The van der Waals surface area contributed by atoms with Gasteiger partial charge in [0.15, 0.2) is 0 Å². The Balaban J connectivity index is 1.48. The van der Waals surface area contributed by atoms with Gasteiger partial charge in [-0.3, -0.25) is 0 Å². The molecule has 1 aliphatic heterocycles. The van der Waals surface area contributed by atoms with Crippen LogP contribution in [0.5, 0.6) is 11.5 Å².